The monoisotopic (exact) mass is 350 g/mol. The van der Waals surface area contributed by atoms with Crippen LogP contribution < -0.4 is 5.56 Å². The van der Waals surface area contributed by atoms with Gasteiger partial charge in [-0.1, -0.05) is 54.1 Å². The van der Waals surface area contributed by atoms with Gasteiger partial charge < -0.3 is 5.11 Å². The van der Waals surface area contributed by atoms with Crippen LogP contribution in [0.5, 0.6) is 0 Å². The maximum atomic E-state index is 12.4. The largest absolute Gasteiger partial charge is 0.400 e. The molecule has 2 aromatic carbocycles. The number of aliphatic hydroxyl groups excluding tert-OH is 1. The minimum atomic E-state index is -0.0937. The Labute approximate surface area is 152 Å². The van der Waals surface area contributed by atoms with Gasteiger partial charge in [0, 0.05) is 23.8 Å². The third-order valence-electron chi connectivity index (χ3n) is 3.95. The number of carbonyl (C=O) groups is 1. The van der Waals surface area contributed by atoms with Gasteiger partial charge in [0.05, 0.1) is 12.2 Å². The second kappa shape index (κ2) is 8.87. The van der Waals surface area contributed by atoms with Crippen molar-refractivity contribution in [2.24, 2.45) is 0 Å². The van der Waals surface area contributed by atoms with E-state index < -0.39 is 0 Å². The van der Waals surface area contributed by atoms with Gasteiger partial charge in [-0.2, -0.15) is 5.10 Å². The minimum absolute atomic E-state index is 0.0937. The summed E-state index contributed by atoms with van der Waals surface area (Å²) in [6.07, 6.45) is 0.806. The molecule has 0 saturated carbocycles. The molecule has 0 fully saturated rings. The van der Waals surface area contributed by atoms with Gasteiger partial charge >= 0.3 is 0 Å². The van der Waals surface area contributed by atoms with Crippen molar-refractivity contribution in [2.45, 2.75) is 20.4 Å². The Hall–Kier alpha value is -3.05. The summed E-state index contributed by atoms with van der Waals surface area (Å²) in [5.41, 5.74) is 4.97. The number of aldehydes is 1. The molecule has 3 rings (SSSR count). The lowest BCUT2D eigenvalue weighted by atomic mass is 10.1. The molecule has 5 nitrogen and oxygen atoms in total. The predicted molar refractivity (Wildman–Crippen MR) is 102 cm³/mol. The smallest absolute Gasteiger partial charge is 0.270 e. The second-order valence-corrected chi connectivity index (χ2v) is 5.90. The SMILES string of the molecule is CO.Cc1ccc(Cn2nc(-c3ccc(C=O)cc3)cc(C)c2=O)cc1. The quantitative estimate of drug-likeness (QED) is 0.734. The van der Waals surface area contributed by atoms with E-state index in [0.29, 0.717) is 17.7 Å². The van der Waals surface area contributed by atoms with Crippen LogP contribution in [0.15, 0.2) is 59.4 Å². The molecular weight excluding hydrogens is 328 g/mol. The van der Waals surface area contributed by atoms with Crippen molar-refractivity contribution in [3.63, 3.8) is 0 Å². The Balaban J connectivity index is 0.00000117. The first-order chi connectivity index (χ1) is 12.6. The van der Waals surface area contributed by atoms with Crippen LogP contribution in [-0.2, 0) is 6.54 Å². The van der Waals surface area contributed by atoms with Gasteiger partial charge in [-0.25, -0.2) is 4.68 Å². The zero-order valence-corrected chi connectivity index (χ0v) is 15.1. The van der Waals surface area contributed by atoms with Crippen LogP contribution in [0.4, 0.5) is 0 Å². The number of hydrogen-bond donors (Lipinski definition) is 1. The molecule has 26 heavy (non-hydrogen) atoms. The summed E-state index contributed by atoms with van der Waals surface area (Å²) in [7, 11) is 1.00. The Kier molecular flexibility index (Phi) is 6.58. The van der Waals surface area contributed by atoms with E-state index in [4.69, 9.17) is 5.11 Å². The molecule has 0 saturated heterocycles. The molecule has 0 atom stereocenters. The highest BCUT2D eigenvalue weighted by Crippen LogP contribution is 2.17. The van der Waals surface area contributed by atoms with E-state index in [-0.39, 0.29) is 5.56 Å². The fraction of sp³-hybridized carbons (Fsp3) is 0.190. The van der Waals surface area contributed by atoms with Crippen molar-refractivity contribution in [3.8, 4) is 11.3 Å². The number of aromatic nitrogens is 2. The van der Waals surface area contributed by atoms with E-state index in [9.17, 15) is 9.59 Å². The molecule has 1 heterocycles. The van der Waals surface area contributed by atoms with Crippen molar-refractivity contribution >= 4 is 6.29 Å². The van der Waals surface area contributed by atoms with Gasteiger partial charge in [0.2, 0.25) is 0 Å². The number of rotatable bonds is 4. The number of aryl methyl sites for hydroxylation is 2. The Morgan fingerprint density at radius 3 is 2.19 bits per heavy atom. The normalized spacial score (nSPS) is 10.0. The summed E-state index contributed by atoms with van der Waals surface area (Å²) in [5, 5.41) is 11.5. The third kappa shape index (κ3) is 4.52. The molecule has 0 amide bonds. The van der Waals surface area contributed by atoms with Crippen molar-refractivity contribution in [2.75, 3.05) is 7.11 Å². The molecule has 1 aromatic heterocycles. The number of hydrogen-bond acceptors (Lipinski definition) is 4. The van der Waals surface area contributed by atoms with E-state index >= 15 is 0 Å². The number of aliphatic hydroxyl groups is 1. The van der Waals surface area contributed by atoms with E-state index in [0.717, 1.165) is 30.2 Å². The number of nitrogens with zero attached hydrogens (tertiary/aromatic N) is 2. The second-order valence-electron chi connectivity index (χ2n) is 5.90. The van der Waals surface area contributed by atoms with Gasteiger partial charge in [0.15, 0.2) is 0 Å². The van der Waals surface area contributed by atoms with E-state index in [2.05, 4.69) is 5.10 Å². The van der Waals surface area contributed by atoms with Crippen LogP contribution in [0.1, 0.15) is 27.0 Å². The van der Waals surface area contributed by atoms with Crippen molar-refractivity contribution in [1.29, 1.82) is 0 Å². The van der Waals surface area contributed by atoms with Crippen molar-refractivity contribution in [3.05, 3.63) is 87.2 Å². The first-order valence-corrected chi connectivity index (χ1v) is 8.21. The molecule has 0 aliphatic carbocycles. The average Bonchev–Trinajstić information content (AvgIpc) is 2.68. The van der Waals surface area contributed by atoms with Crippen LogP contribution in [0.25, 0.3) is 11.3 Å². The first-order valence-electron chi connectivity index (χ1n) is 8.21. The lowest BCUT2D eigenvalue weighted by molar-refractivity contribution is 0.112. The maximum absolute atomic E-state index is 12.4. The van der Waals surface area contributed by atoms with E-state index in [1.807, 2.05) is 43.3 Å². The fourth-order valence-electron chi connectivity index (χ4n) is 2.52. The molecule has 0 unspecified atom stereocenters. The van der Waals surface area contributed by atoms with Gasteiger partial charge in [0.1, 0.15) is 6.29 Å². The standard InChI is InChI=1S/C20H18N2O2.CH4O/c1-14-3-5-16(6-4-14)12-22-20(24)15(2)11-19(21-22)18-9-7-17(13-23)8-10-18;1-2/h3-11,13H,12H2,1-2H3;2H,1H3. The van der Waals surface area contributed by atoms with Gasteiger partial charge in [0.25, 0.3) is 5.56 Å². The summed E-state index contributed by atoms with van der Waals surface area (Å²) < 4.78 is 1.49. The molecule has 3 aromatic rings. The van der Waals surface area contributed by atoms with Crippen LogP contribution in [0.2, 0.25) is 0 Å². The lowest BCUT2D eigenvalue weighted by Gasteiger charge is -2.10. The van der Waals surface area contributed by atoms with E-state index in [1.54, 1.807) is 25.1 Å². The highest BCUT2D eigenvalue weighted by molar-refractivity contribution is 5.76. The summed E-state index contributed by atoms with van der Waals surface area (Å²) in [5.74, 6) is 0. The highest BCUT2D eigenvalue weighted by atomic mass is 16.2. The first kappa shape index (κ1) is 19.3. The van der Waals surface area contributed by atoms with Crippen molar-refractivity contribution in [1.82, 2.24) is 9.78 Å². The zero-order valence-electron chi connectivity index (χ0n) is 15.1. The summed E-state index contributed by atoms with van der Waals surface area (Å²) in [6.45, 7) is 4.25. The highest BCUT2D eigenvalue weighted by Gasteiger charge is 2.08. The van der Waals surface area contributed by atoms with Crippen LogP contribution >= 0.6 is 0 Å². The molecule has 0 radical (unpaired) electrons. The van der Waals surface area contributed by atoms with Gasteiger partial charge in [-0.05, 0) is 25.5 Å². The Bertz CT molecular complexity index is 927. The van der Waals surface area contributed by atoms with E-state index in [1.165, 1.54) is 10.2 Å². The average molecular weight is 350 g/mol. The molecule has 0 aliphatic heterocycles. The van der Waals surface area contributed by atoms with Crippen LogP contribution in [0, 0.1) is 13.8 Å². The topological polar surface area (TPSA) is 72.2 Å². The molecule has 5 heteroatoms. The molecule has 134 valence electrons. The van der Waals surface area contributed by atoms with Gasteiger partial charge in [-0.15, -0.1) is 0 Å². The maximum Gasteiger partial charge on any atom is 0.270 e. The minimum Gasteiger partial charge on any atom is -0.400 e. The molecule has 0 aliphatic rings. The number of carbonyl (C=O) groups excluding carboxylic acids is 1. The Morgan fingerprint density at radius 1 is 1.00 bits per heavy atom. The predicted octanol–water partition coefficient (Wildman–Crippen LogP) is 3.00. The summed E-state index contributed by atoms with van der Waals surface area (Å²) in [4.78, 5) is 23.2. The van der Waals surface area contributed by atoms with Crippen LogP contribution in [-0.4, -0.2) is 28.3 Å². The molecule has 0 bridgehead atoms. The van der Waals surface area contributed by atoms with Crippen LogP contribution in [0.3, 0.4) is 0 Å². The molecule has 1 N–H and O–H groups in total. The number of benzene rings is 2. The van der Waals surface area contributed by atoms with Gasteiger partial charge in [-0.3, -0.25) is 9.59 Å². The summed E-state index contributed by atoms with van der Waals surface area (Å²) in [6, 6.07) is 17.0. The molecule has 0 spiro atoms. The lowest BCUT2D eigenvalue weighted by Crippen LogP contribution is -2.25. The molecular formula is C21H22N2O3. The zero-order chi connectivity index (χ0) is 19.1. The summed E-state index contributed by atoms with van der Waals surface area (Å²) >= 11 is 0. The fourth-order valence-corrected chi connectivity index (χ4v) is 2.52. The third-order valence-corrected chi connectivity index (χ3v) is 3.95. The van der Waals surface area contributed by atoms with Crippen molar-refractivity contribution < 1.29 is 9.90 Å². The Morgan fingerprint density at radius 2 is 1.62 bits per heavy atom.